The lowest BCUT2D eigenvalue weighted by Gasteiger charge is -2.10. The van der Waals surface area contributed by atoms with E-state index in [2.05, 4.69) is 51.8 Å². The molecule has 1 saturated carbocycles. The number of aromatic nitrogens is 2. The van der Waals surface area contributed by atoms with Crippen molar-refractivity contribution in [2.75, 3.05) is 17.2 Å². The predicted octanol–water partition coefficient (Wildman–Crippen LogP) is 3.40. The van der Waals surface area contributed by atoms with Crippen molar-refractivity contribution in [3.05, 3.63) is 47.8 Å². The summed E-state index contributed by atoms with van der Waals surface area (Å²) in [4.78, 5) is 9.21. The van der Waals surface area contributed by atoms with Crippen LogP contribution in [0.4, 0.5) is 11.6 Å². The molecule has 1 aromatic carbocycles. The number of anilines is 2. The second-order valence-electron chi connectivity index (χ2n) is 5.14. The van der Waals surface area contributed by atoms with Gasteiger partial charge in [-0.2, -0.15) is 0 Å². The van der Waals surface area contributed by atoms with Crippen molar-refractivity contribution in [1.82, 2.24) is 9.97 Å². The van der Waals surface area contributed by atoms with Crippen molar-refractivity contribution in [2.45, 2.75) is 32.2 Å². The van der Waals surface area contributed by atoms with Crippen LogP contribution in [0.3, 0.4) is 0 Å². The van der Waals surface area contributed by atoms with Crippen LogP contribution < -0.4 is 10.6 Å². The Bertz CT molecular complexity index is 564. The Kier molecular flexibility index (Phi) is 3.81. The van der Waals surface area contributed by atoms with Gasteiger partial charge in [-0.3, -0.25) is 0 Å². The molecule has 104 valence electrons. The molecule has 20 heavy (non-hydrogen) atoms. The topological polar surface area (TPSA) is 49.8 Å². The number of nitrogens with one attached hydrogen (secondary N) is 2. The van der Waals surface area contributed by atoms with Gasteiger partial charge >= 0.3 is 0 Å². The molecule has 1 aromatic heterocycles. The van der Waals surface area contributed by atoms with E-state index in [0.29, 0.717) is 5.92 Å². The maximum atomic E-state index is 4.63. The Morgan fingerprint density at radius 2 is 1.75 bits per heavy atom. The molecule has 0 aliphatic heterocycles. The van der Waals surface area contributed by atoms with Crippen LogP contribution in [0.2, 0.25) is 0 Å². The van der Waals surface area contributed by atoms with E-state index >= 15 is 0 Å². The molecule has 0 atom stereocenters. The highest BCUT2D eigenvalue weighted by Gasteiger charge is 2.27. The SMILES string of the molecule is CCNc1cc(NCc2ccccc2)nc(C2CC2)n1. The minimum absolute atomic E-state index is 0.561. The van der Waals surface area contributed by atoms with E-state index in [-0.39, 0.29) is 0 Å². The fraction of sp³-hybridized carbons (Fsp3) is 0.375. The molecule has 1 aliphatic rings. The zero-order chi connectivity index (χ0) is 13.8. The molecule has 0 unspecified atom stereocenters. The fourth-order valence-corrected chi connectivity index (χ4v) is 2.14. The van der Waals surface area contributed by atoms with Crippen molar-refractivity contribution >= 4 is 11.6 Å². The highest BCUT2D eigenvalue weighted by Crippen LogP contribution is 2.38. The summed E-state index contributed by atoms with van der Waals surface area (Å²) in [7, 11) is 0. The van der Waals surface area contributed by atoms with E-state index in [1.54, 1.807) is 0 Å². The first kappa shape index (κ1) is 12.9. The summed E-state index contributed by atoms with van der Waals surface area (Å²) in [5.74, 6) is 3.35. The van der Waals surface area contributed by atoms with Gasteiger partial charge in [0, 0.05) is 25.1 Å². The monoisotopic (exact) mass is 268 g/mol. The molecule has 3 rings (SSSR count). The van der Waals surface area contributed by atoms with Crippen LogP contribution in [0.5, 0.6) is 0 Å². The average Bonchev–Trinajstić information content (AvgIpc) is 3.31. The van der Waals surface area contributed by atoms with Gasteiger partial charge in [0.05, 0.1) is 0 Å². The summed E-state index contributed by atoms with van der Waals surface area (Å²) in [6.45, 7) is 3.74. The van der Waals surface area contributed by atoms with Crippen LogP contribution in [0.1, 0.15) is 37.1 Å². The molecule has 0 bridgehead atoms. The molecule has 1 fully saturated rings. The number of benzene rings is 1. The fourth-order valence-electron chi connectivity index (χ4n) is 2.14. The lowest BCUT2D eigenvalue weighted by molar-refractivity contribution is 0.918. The van der Waals surface area contributed by atoms with Crippen LogP contribution >= 0.6 is 0 Å². The second-order valence-corrected chi connectivity index (χ2v) is 5.14. The maximum absolute atomic E-state index is 4.63. The van der Waals surface area contributed by atoms with Crippen molar-refractivity contribution in [3.63, 3.8) is 0 Å². The van der Waals surface area contributed by atoms with Crippen molar-refractivity contribution in [2.24, 2.45) is 0 Å². The van der Waals surface area contributed by atoms with Crippen LogP contribution in [0.25, 0.3) is 0 Å². The van der Waals surface area contributed by atoms with Crippen molar-refractivity contribution in [1.29, 1.82) is 0 Å². The lowest BCUT2D eigenvalue weighted by Crippen LogP contribution is -2.07. The largest absolute Gasteiger partial charge is 0.370 e. The average molecular weight is 268 g/mol. The van der Waals surface area contributed by atoms with E-state index in [9.17, 15) is 0 Å². The third kappa shape index (κ3) is 3.26. The van der Waals surface area contributed by atoms with E-state index in [4.69, 9.17) is 0 Å². The van der Waals surface area contributed by atoms with Crippen molar-refractivity contribution in [3.8, 4) is 0 Å². The standard InChI is InChI=1S/C16H20N4/c1-2-17-14-10-15(20-16(19-14)13-8-9-13)18-11-12-6-4-3-5-7-12/h3-7,10,13H,2,8-9,11H2,1H3,(H2,17,18,19,20). The molecule has 2 N–H and O–H groups in total. The zero-order valence-corrected chi connectivity index (χ0v) is 11.8. The van der Waals surface area contributed by atoms with Gasteiger partial charge in [0.1, 0.15) is 17.5 Å². The van der Waals surface area contributed by atoms with Crippen molar-refractivity contribution < 1.29 is 0 Å². The van der Waals surface area contributed by atoms with Crippen LogP contribution in [-0.4, -0.2) is 16.5 Å². The Balaban J connectivity index is 1.74. The quantitative estimate of drug-likeness (QED) is 0.843. The molecular weight excluding hydrogens is 248 g/mol. The summed E-state index contributed by atoms with van der Waals surface area (Å²) in [5, 5.41) is 6.67. The van der Waals surface area contributed by atoms with Crippen LogP contribution in [0, 0.1) is 0 Å². The summed E-state index contributed by atoms with van der Waals surface area (Å²) in [5.41, 5.74) is 1.25. The lowest BCUT2D eigenvalue weighted by atomic mass is 10.2. The van der Waals surface area contributed by atoms with Gasteiger partial charge in [-0.05, 0) is 25.3 Å². The predicted molar refractivity (Wildman–Crippen MR) is 81.9 cm³/mol. The van der Waals surface area contributed by atoms with Gasteiger partial charge in [-0.1, -0.05) is 30.3 Å². The molecule has 2 aromatic rings. The Morgan fingerprint density at radius 3 is 2.40 bits per heavy atom. The molecule has 4 nitrogen and oxygen atoms in total. The molecule has 1 heterocycles. The Hall–Kier alpha value is -2.10. The van der Waals surface area contributed by atoms with E-state index in [1.807, 2.05) is 12.1 Å². The van der Waals surface area contributed by atoms with Crippen LogP contribution in [0.15, 0.2) is 36.4 Å². The summed E-state index contributed by atoms with van der Waals surface area (Å²) in [6, 6.07) is 12.3. The molecular formula is C16H20N4. The smallest absolute Gasteiger partial charge is 0.136 e. The number of rotatable bonds is 6. The van der Waals surface area contributed by atoms with E-state index < -0.39 is 0 Å². The van der Waals surface area contributed by atoms with Gasteiger partial charge < -0.3 is 10.6 Å². The minimum atomic E-state index is 0.561. The number of hydrogen-bond acceptors (Lipinski definition) is 4. The number of nitrogens with zero attached hydrogens (tertiary/aromatic N) is 2. The van der Waals surface area contributed by atoms with E-state index in [0.717, 1.165) is 30.5 Å². The first-order valence-electron chi connectivity index (χ1n) is 7.26. The summed E-state index contributed by atoms with van der Waals surface area (Å²) >= 11 is 0. The molecule has 0 spiro atoms. The molecule has 0 radical (unpaired) electrons. The highest BCUT2D eigenvalue weighted by molar-refractivity contribution is 5.48. The second kappa shape index (κ2) is 5.90. The third-order valence-corrected chi connectivity index (χ3v) is 3.36. The van der Waals surface area contributed by atoms with E-state index in [1.165, 1.54) is 18.4 Å². The highest BCUT2D eigenvalue weighted by atomic mass is 15.1. The maximum Gasteiger partial charge on any atom is 0.136 e. The molecule has 0 amide bonds. The van der Waals surface area contributed by atoms with Gasteiger partial charge in [0.25, 0.3) is 0 Å². The zero-order valence-electron chi connectivity index (χ0n) is 11.8. The summed E-state index contributed by atoms with van der Waals surface area (Å²) in [6.07, 6.45) is 2.43. The van der Waals surface area contributed by atoms with Gasteiger partial charge in [0.15, 0.2) is 0 Å². The normalized spacial score (nSPS) is 14.1. The van der Waals surface area contributed by atoms with Crippen LogP contribution in [-0.2, 0) is 6.54 Å². The Labute approximate surface area is 119 Å². The third-order valence-electron chi connectivity index (χ3n) is 3.36. The minimum Gasteiger partial charge on any atom is -0.370 e. The molecule has 4 heteroatoms. The summed E-state index contributed by atoms with van der Waals surface area (Å²) < 4.78 is 0. The first-order chi connectivity index (χ1) is 9.85. The molecule has 0 saturated heterocycles. The first-order valence-corrected chi connectivity index (χ1v) is 7.26. The number of hydrogen-bond donors (Lipinski definition) is 2. The van der Waals surface area contributed by atoms with Gasteiger partial charge in [0.2, 0.25) is 0 Å². The molecule has 1 aliphatic carbocycles. The van der Waals surface area contributed by atoms with Gasteiger partial charge in [-0.25, -0.2) is 9.97 Å². The van der Waals surface area contributed by atoms with Gasteiger partial charge in [-0.15, -0.1) is 0 Å². The Morgan fingerprint density at radius 1 is 1.05 bits per heavy atom.